The fourth-order valence-corrected chi connectivity index (χ4v) is 3.97. The van der Waals surface area contributed by atoms with Gasteiger partial charge in [-0.25, -0.2) is 0 Å². The van der Waals surface area contributed by atoms with E-state index in [0.29, 0.717) is 12.5 Å². The van der Waals surface area contributed by atoms with Crippen LogP contribution in [0.25, 0.3) is 10.9 Å². The van der Waals surface area contributed by atoms with Gasteiger partial charge in [0.25, 0.3) is 0 Å². The van der Waals surface area contributed by atoms with Crippen molar-refractivity contribution in [2.75, 3.05) is 45.8 Å². The van der Waals surface area contributed by atoms with Crippen molar-refractivity contribution >= 4 is 16.8 Å². The highest BCUT2D eigenvalue weighted by atomic mass is 16.2. The SMILES string of the molecule is O=C(CN1CCN(Cc2ccc3ccccc3n2)CC1)N1CCCCC1. The monoisotopic (exact) mass is 352 g/mol. The quantitative estimate of drug-likeness (QED) is 0.847. The summed E-state index contributed by atoms with van der Waals surface area (Å²) in [4.78, 5) is 24.0. The molecule has 26 heavy (non-hydrogen) atoms. The first-order chi connectivity index (χ1) is 12.8. The second-order valence-corrected chi connectivity index (χ2v) is 7.49. The van der Waals surface area contributed by atoms with Crippen molar-refractivity contribution in [2.45, 2.75) is 25.8 Å². The number of pyridine rings is 1. The number of carbonyl (C=O) groups is 1. The van der Waals surface area contributed by atoms with Crippen molar-refractivity contribution in [1.82, 2.24) is 19.7 Å². The average molecular weight is 352 g/mol. The number of hydrogen-bond acceptors (Lipinski definition) is 4. The van der Waals surface area contributed by atoms with Gasteiger partial charge < -0.3 is 4.90 Å². The zero-order valence-electron chi connectivity index (χ0n) is 15.4. The summed E-state index contributed by atoms with van der Waals surface area (Å²) in [6.45, 7) is 7.31. The second-order valence-electron chi connectivity index (χ2n) is 7.49. The minimum atomic E-state index is 0.314. The molecule has 0 saturated carbocycles. The maximum absolute atomic E-state index is 12.4. The molecule has 5 nitrogen and oxygen atoms in total. The largest absolute Gasteiger partial charge is 0.342 e. The van der Waals surface area contributed by atoms with E-state index in [1.807, 2.05) is 12.1 Å². The summed E-state index contributed by atoms with van der Waals surface area (Å²) >= 11 is 0. The lowest BCUT2D eigenvalue weighted by Gasteiger charge is -2.35. The van der Waals surface area contributed by atoms with Gasteiger partial charge in [-0.05, 0) is 31.4 Å². The van der Waals surface area contributed by atoms with Gasteiger partial charge in [0, 0.05) is 51.2 Å². The van der Waals surface area contributed by atoms with Gasteiger partial charge in [-0.15, -0.1) is 0 Å². The van der Waals surface area contributed by atoms with Gasteiger partial charge in [-0.3, -0.25) is 19.6 Å². The van der Waals surface area contributed by atoms with Gasteiger partial charge in [0.2, 0.25) is 5.91 Å². The van der Waals surface area contributed by atoms with Gasteiger partial charge in [0.15, 0.2) is 0 Å². The summed E-state index contributed by atoms with van der Waals surface area (Å²) in [6.07, 6.45) is 3.60. The molecule has 2 aliphatic heterocycles. The Morgan fingerprint density at radius 1 is 0.846 bits per heavy atom. The number of carbonyl (C=O) groups excluding carboxylic acids is 1. The molecule has 4 rings (SSSR count). The molecule has 0 N–H and O–H groups in total. The van der Waals surface area contributed by atoms with Gasteiger partial charge in [-0.1, -0.05) is 24.3 Å². The molecule has 2 aromatic rings. The highest BCUT2D eigenvalue weighted by Gasteiger charge is 2.22. The lowest BCUT2D eigenvalue weighted by molar-refractivity contribution is -0.133. The van der Waals surface area contributed by atoms with Gasteiger partial charge in [0.05, 0.1) is 17.8 Å². The number of hydrogen-bond donors (Lipinski definition) is 0. The van der Waals surface area contributed by atoms with Crippen molar-refractivity contribution in [1.29, 1.82) is 0 Å². The zero-order chi connectivity index (χ0) is 17.8. The van der Waals surface area contributed by atoms with Crippen LogP contribution in [0.1, 0.15) is 25.0 Å². The van der Waals surface area contributed by atoms with E-state index in [9.17, 15) is 4.79 Å². The Morgan fingerprint density at radius 3 is 2.38 bits per heavy atom. The van der Waals surface area contributed by atoms with E-state index in [0.717, 1.165) is 69.9 Å². The number of nitrogens with zero attached hydrogens (tertiary/aromatic N) is 4. The van der Waals surface area contributed by atoms with Crippen LogP contribution in [0, 0.1) is 0 Å². The number of rotatable bonds is 4. The Labute approximate surface area is 155 Å². The van der Waals surface area contributed by atoms with Crippen molar-refractivity contribution in [3.8, 4) is 0 Å². The van der Waals surface area contributed by atoms with E-state index in [2.05, 4.69) is 39.0 Å². The Balaban J connectivity index is 1.27. The average Bonchev–Trinajstić information content (AvgIpc) is 2.70. The molecule has 1 aromatic carbocycles. The van der Waals surface area contributed by atoms with E-state index in [1.54, 1.807) is 0 Å². The van der Waals surface area contributed by atoms with Gasteiger partial charge in [-0.2, -0.15) is 0 Å². The minimum absolute atomic E-state index is 0.314. The van der Waals surface area contributed by atoms with Crippen LogP contribution >= 0.6 is 0 Å². The zero-order valence-corrected chi connectivity index (χ0v) is 15.4. The van der Waals surface area contributed by atoms with Crippen LogP contribution in [0.15, 0.2) is 36.4 Å². The first-order valence-electron chi connectivity index (χ1n) is 9.85. The fraction of sp³-hybridized carbons (Fsp3) is 0.524. The summed E-state index contributed by atoms with van der Waals surface area (Å²) in [7, 11) is 0. The third-order valence-electron chi connectivity index (χ3n) is 5.57. The van der Waals surface area contributed by atoms with E-state index in [4.69, 9.17) is 4.98 Å². The standard InChI is InChI=1S/C21H28N4O/c26-21(25-10-4-1-5-11-25)17-24-14-12-23(13-15-24)16-19-9-8-18-6-2-3-7-20(18)22-19/h2-3,6-9H,1,4-5,10-17H2. The summed E-state index contributed by atoms with van der Waals surface area (Å²) in [6, 6.07) is 12.6. The number of piperidine rings is 1. The Hall–Kier alpha value is -1.98. The molecule has 0 atom stereocenters. The van der Waals surface area contributed by atoms with Crippen molar-refractivity contribution in [2.24, 2.45) is 0 Å². The first kappa shape index (κ1) is 17.4. The van der Waals surface area contributed by atoms with E-state index in [-0.39, 0.29) is 0 Å². The van der Waals surface area contributed by atoms with Crippen molar-refractivity contribution in [3.63, 3.8) is 0 Å². The Morgan fingerprint density at radius 2 is 1.58 bits per heavy atom. The smallest absolute Gasteiger partial charge is 0.236 e. The molecular formula is C21H28N4O. The molecule has 0 radical (unpaired) electrons. The van der Waals surface area contributed by atoms with Gasteiger partial charge >= 0.3 is 0 Å². The molecule has 138 valence electrons. The number of aromatic nitrogens is 1. The summed E-state index contributed by atoms with van der Waals surface area (Å²) in [5.74, 6) is 0.314. The van der Waals surface area contributed by atoms with Crippen LogP contribution in [0.5, 0.6) is 0 Å². The summed E-state index contributed by atoms with van der Waals surface area (Å²) in [5, 5.41) is 1.19. The van der Waals surface area contributed by atoms with Crippen molar-refractivity contribution in [3.05, 3.63) is 42.1 Å². The Bertz CT molecular complexity index is 749. The number of para-hydroxylation sites is 1. The normalized spacial score (nSPS) is 19.8. The number of likely N-dealkylation sites (tertiary alicyclic amines) is 1. The number of piperazine rings is 1. The third-order valence-corrected chi connectivity index (χ3v) is 5.57. The molecule has 2 aliphatic rings. The third kappa shape index (κ3) is 4.22. The first-order valence-corrected chi connectivity index (χ1v) is 9.85. The van der Waals surface area contributed by atoms with E-state index < -0.39 is 0 Å². The predicted octanol–water partition coefficient (Wildman–Crippen LogP) is 2.36. The number of amides is 1. The van der Waals surface area contributed by atoms with Crippen LogP contribution in [0.2, 0.25) is 0 Å². The highest BCUT2D eigenvalue weighted by Crippen LogP contribution is 2.14. The molecule has 2 saturated heterocycles. The van der Waals surface area contributed by atoms with E-state index in [1.165, 1.54) is 11.8 Å². The summed E-state index contributed by atoms with van der Waals surface area (Å²) in [5.41, 5.74) is 2.19. The highest BCUT2D eigenvalue weighted by molar-refractivity contribution is 5.78. The lowest BCUT2D eigenvalue weighted by Crippen LogP contribution is -2.50. The van der Waals surface area contributed by atoms with Crippen molar-refractivity contribution < 1.29 is 4.79 Å². The van der Waals surface area contributed by atoms with Crippen LogP contribution in [0.4, 0.5) is 0 Å². The minimum Gasteiger partial charge on any atom is -0.342 e. The molecule has 0 unspecified atom stereocenters. The van der Waals surface area contributed by atoms with E-state index >= 15 is 0 Å². The summed E-state index contributed by atoms with van der Waals surface area (Å²) < 4.78 is 0. The molecule has 2 fully saturated rings. The topological polar surface area (TPSA) is 39.7 Å². The molecule has 5 heteroatoms. The lowest BCUT2D eigenvalue weighted by atomic mass is 10.1. The Kier molecular flexibility index (Phi) is 5.46. The van der Waals surface area contributed by atoms with Crippen LogP contribution in [-0.4, -0.2) is 71.4 Å². The van der Waals surface area contributed by atoms with Gasteiger partial charge in [0.1, 0.15) is 0 Å². The molecule has 1 amide bonds. The number of fused-ring (bicyclic) bond motifs is 1. The molecule has 0 spiro atoms. The van der Waals surface area contributed by atoms with Crippen LogP contribution < -0.4 is 0 Å². The molecule has 1 aromatic heterocycles. The van der Waals surface area contributed by atoms with Crippen LogP contribution in [-0.2, 0) is 11.3 Å². The maximum Gasteiger partial charge on any atom is 0.236 e. The molecule has 0 aliphatic carbocycles. The van der Waals surface area contributed by atoms with Crippen LogP contribution in [0.3, 0.4) is 0 Å². The number of benzene rings is 1. The maximum atomic E-state index is 12.4. The molecular weight excluding hydrogens is 324 g/mol. The predicted molar refractivity (Wildman–Crippen MR) is 104 cm³/mol. The second kappa shape index (κ2) is 8.14. The fourth-order valence-electron chi connectivity index (χ4n) is 3.97. The molecule has 3 heterocycles. The molecule has 0 bridgehead atoms.